The summed E-state index contributed by atoms with van der Waals surface area (Å²) in [6.45, 7) is 3.36. The van der Waals surface area contributed by atoms with E-state index in [1.54, 1.807) is 6.07 Å². The maximum Gasteiger partial charge on any atom is 0.271 e. The van der Waals surface area contributed by atoms with Crippen LogP contribution < -0.4 is 10.6 Å². The molecule has 1 aliphatic heterocycles. The summed E-state index contributed by atoms with van der Waals surface area (Å²) < 4.78 is 0. The summed E-state index contributed by atoms with van der Waals surface area (Å²) in [5.74, 6) is 0. The summed E-state index contributed by atoms with van der Waals surface area (Å²) in [7, 11) is 0. The molecule has 1 aliphatic rings. The van der Waals surface area contributed by atoms with Crippen LogP contribution in [0.3, 0.4) is 0 Å². The fraction of sp³-hybridized carbons (Fsp3) is 0.455. The second-order valence-electron chi connectivity index (χ2n) is 4.44. The quantitative estimate of drug-likeness (QED) is 0.528. The molecule has 2 rings (SSSR count). The van der Waals surface area contributed by atoms with Crippen molar-refractivity contribution in [2.45, 2.75) is 12.5 Å². The van der Waals surface area contributed by atoms with Crippen molar-refractivity contribution in [1.82, 2.24) is 5.32 Å². The van der Waals surface area contributed by atoms with Gasteiger partial charge in [0.25, 0.3) is 5.69 Å². The molecule has 1 saturated heterocycles. The van der Waals surface area contributed by atoms with Gasteiger partial charge in [0, 0.05) is 37.5 Å². The zero-order valence-electron chi connectivity index (χ0n) is 9.56. The summed E-state index contributed by atoms with van der Waals surface area (Å²) in [5.41, 5.74) is 0.930. The van der Waals surface area contributed by atoms with Crippen molar-refractivity contribution < 1.29 is 10.0 Å². The Labute approximate surface area is 98.8 Å². The zero-order chi connectivity index (χ0) is 12.5. The van der Waals surface area contributed by atoms with E-state index in [4.69, 9.17) is 0 Å². The van der Waals surface area contributed by atoms with E-state index >= 15 is 0 Å². The average Bonchev–Trinajstić information content (AvgIpc) is 2.25. The normalized spacial score (nSPS) is 17.3. The van der Waals surface area contributed by atoms with E-state index in [2.05, 4.69) is 10.6 Å². The first-order chi connectivity index (χ1) is 8.00. The molecule has 0 saturated carbocycles. The molecule has 0 atom stereocenters. The van der Waals surface area contributed by atoms with E-state index in [-0.39, 0.29) is 5.69 Å². The minimum absolute atomic E-state index is 0.0526. The topological polar surface area (TPSA) is 87.4 Å². The molecular formula is C11H15N3O3. The fourth-order valence-electron chi connectivity index (χ4n) is 1.71. The van der Waals surface area contributed by atoms with Gasteiger partial charge in [0.1, 0.15) is 5.60 Å². The van der Waals surface area contributed by atoms with Gasteiger partial charge in [-0.1, -0.05) is 6.07 Å². The lowest BCUT2D eigenvalue weighted by Crippen LogP contribution is -2.63. The Balaban J connectivity index is 2.08. The number of benzene rings is 1. The summed E-state index contributed by atoms with van der Waals surface area (Å²) in [6, 6.07) is 4.66. The highest BCUT2D eigenvalue weighted by molar-refractivity contribution is 5.57. The van der Waals surface area contributed by atoms with Crippen LogP contribution in [0.25, 0.3) is 0 Å². The third-order valence-electron chi connectivity index (χ3n) is 2.95. The first-order valence-electron chi connectivity index (χ1n) is 5.42. The van der Waals surface area contributed by atoms with E-state index in [9.17, 15) is 15.2 Å². The molecule has 3 N–H and O–H groups in total. The molecule has 1 fully saturated rings. The number of β-amino-alcohol motifs (C(OH)–C–C–N with tert-alkyl or cyclic N) is 1. The van der Waals surface area contributed by atoms with Crippen molar-refractivity contribution in [3.05, 3.63) is 33.9 Å². The van der Waals surface area contributed by atoms with Crippen LogP contribution in [-0.2, 0) is 0 Å². The van der Waals surface area contributed by atoms with Crippen LogP contribution >= 0.6 is 0 Å². The Hall–Kier alpha value is -1.66. The fourth-order valence-corrected chi connectivity index (χ4v) is 1.71. The number of nitro groups is 1. The molecule has 0 aromatic heterocycles. The molecule has 1 aromatic carbocycles. The summed E-state index contributed by atoms with van der Waals surface area (Å²) in [6.07, 6.45) is 0. The van der Waals surface area contributed by atoms with Gasteiger partial charge >= 0.3 is 0 Å². The highest BCUT2D eigenvalue weighted by Gasteiger charge is 2.33. The first kappa shape index (κ1) is 11.8. The number of non-ortho nitro benzene ring substituents is 1. The molecule has 0 spiro atoms. The second kappa shape index (κ2) is 4.31. The van der Waals surface area contributed by atoms with Crippen molar-refractivity contribution >= 4 is 11.4 Å². The number of rotatable bonds is 4. The number of nitrogens with zero attached hydrogens (tertiary/aromatic N) is 1. The summed E-state index contributed by atoms with van der Waals surface area (Å²) >= 11 is 0. The highest BCUT2D eigenvalue weighted by atomic mass is 16.6. The van der Waals surface area contributed by atoms with Crippen molar-refractivity contribution in [3.63, 3.8) is 0 Å². The van der Waals surface area contributed by atoms with E-state index in [0.717, 1.165) is 5.56 Å². The number of nitro benzene ring substituents is 1. The predicted molar refractivity (Wildman–Crippen MR) is 64.1 cm³/mol. The summed E-state index contributed by atoms with van der Waals surface area (Å²) in [4.78, 5) is 10.2. The van der Waals surface area contributed by atoms with Gasteiger partial charge in [0.05, 0.1) is 4.92 Å². The lowest BCUT2D eigenvalue weighted by Gasteiger charge is -2.37. The Kier molecular flexibility index (Phi) is 2.99. The highest BCUT2D eigenvalue weighted by Crippen LogP contribution is 2.23. The van der Waals surface area contributed by atoms with Crippen molar-refractivity contribution in [2.24, 2.45) is 0 Å². The van der Waals surface area contributed by atoms with Crippen LogP contribution in [0.2, 0.25) is 0 Å². The molecule has 0 bridgehead atoms. The van der Waals surface area contributed by atoms with E-state index in [1.165, 1.54) is 12.1 Å². The van der Waals surface area contributed by atoms with Gasteiger partial charge in [0.2, 0.25) is 0 Å². The molecule has 6 nitrogen and oxygen atoms in total. The lowest BCUT2D eigenvalue weighted by molar-refractivity contribution is -0.384. The monoisotopic (exact) mass is 237 g/mol. The van der Waals surface area contributed by atoms with Crippen LogP contribution in [0.1, 0.15) is 5.56 Å². The van der Waals surface area contributed by atoms with Crippen LogP contribution in [0.5, 0.6) is 0 Å². The van der Waals surface area contributed by atoms with E-state index in [0.29, 0.717) is 25.3 Å². The number of aliphatic hydroxyl groups is 1. The smallest absolute Gasteiger partial charge is 0.271 e. The summed E-state index contributed by atoms with van der Waals surface area (Å²) in [5, 5.41) is 26.6. The second-order valence-corrected chi connectivity index (χ2v) is 4.44. The van der Waals surface area contributed by atoms with Crippen LogP contribution in [0.4, 0.5) is 11.4 Å². The van der Waals surface area contributed by atoms with Crippen molar-refractivity contribution in [3.8, 4) is 0 Å². The molecule has 0 aliphatic carbocycles. The largest absolute Gasteiger partial charge is 0.385 e. The van der Waals surface area contributed by atoms with Crippen LogP contribution in [0, 0.1) is 17.0 Å². The van der Waals surface area contributed by atoms with Gasteiger partial charge in [-0.2, -0.15) is 0 Å². The minimum Gasteiger partial charge on any atom is -0.385 e. The molecule has 17 heavy (non-hydrogen) atoms. The standard InChI is InChI=1S/C11H15N3O3/c1-8-2-3-9(14(16)17)4-10(8)13-7-11(15)5-12-6-11/h2-4,12-13,15H,5-7H2,1H3. The minimum atomic E-state index is -0.739. The SMILES string of the molecule is Cc1ccc([N+](=O)[O-])cc1NCC1(O)CNC1. The molecule has 1 heterocycles. The van der Waals surface area contributed by atoms with Crippen LogP contribution in [0.15, 0.2) is 18.2 Å². The predicted octanol–water partition coefficient (Wildman–Crippen LogP) is 0.649. The zero-order valence-corrected chi connectivity index (χ0v) is 9.56. The number of anilines is 1. The molecule has 1 aromatic rings. The third-order valence-corrected chi connectivity index (χ3v) is 2.95. The molecule has 92 valence electrons. The van der Waals surface area contributed by atoms with Crippen molar-refractivity contribution in [1.29, 1.82) is 0 Å². The van der Waals surface area contributed by atoms with Crippen LogP contribution in [-0.4, -0.2) is 35.3 Å². The van der Waals surface area contributed by atoms with Gasteiger partial charge in [0.15, 0.2) is 0 Å². The number of hydrogen-bond donors (Lipinski definition) is 3. The molecule has 0 radical (unpaired) electrons. The molecule has 0 unspecified atom stereocenters. The van der Waals surface area contributed by atoms with Gasteiger partial charge in [-0.05, 0) is 12.5 Å². The Morgan fingerprint density at radius 1 is 1.59 bits per heavy atom. The Morgan fingerprint density at radius 3 is 2.82 bits per heavy atom. The number of hydrogen-bond acceptors (Lipinski definition) is 5. The molecule has 0 amide bonds. The van der Waals surface area contributed by atoms with E-state index < -0.39 is 10.5 Å². The van der Waals surface area contributed by atoms with E-state index in [1.807, 2.05) is 6.92 Å². The maximum atomic E-state index is 10.7. The Bertz CT molecular complexity index is 444. The first-order valence-corrected chi connectivity index (χ1v) is 5.42. The lowest BCUT2D eigenvalue weighted by atomic mass is 9.97. The van der Waals surface area contributed by atoms with Gasteiger partial charge in [-0.15, -0.1) is 0 Å². The van der Waals surface area contributed by atoms with Crippen molar-refractivity contribution in [2.75, 3.05) is 25.0 Å². The maximum absolute atomic E-state index is 10.7. The van der Waals surface area contributed by atoms with Gasteiger partial charge in [-0.3, -0.25) is 10.1 Å². The van der Waals surface area contributed by atoms with Gasteiger partial charge < -0.3 is 15.7 Å². The third kappa shape index (κ3) is 2.54. The number of nitrogens with one attached hydrogen (secondary N) is 2. The number of aryl methyl sites for hydroxylation is 1. The average molecular weight is 237 g/mol. The molecular weight excluding hydrogens is 222 g/mol. The molecule has 6 heteroatoms. The van der Waals surface area contributed by atoms with Gasteiger partial charge in [-0.25, -0.2) is 0 Å². The Morgan fingerprint density at radius 2 is 2.29 bits per heavy atom.